The summed E-state index contributed by atoms with van der Waals surface area (Å²) in [6.45, 7) is 0. The van der Waals surface area contributed by atoms with Gasteiger partial charge in [-0.25, -0.2) is 8.42 Å². The van der Waals surface area contributed by atoms with E-state index in [0.717, 1.165) is 32.3 Å². The van der Waals surface area contributed by atoms with Crippen LogP contribution < -0.4 is 29.6 Å². The number of hydrogen-bond acceptors (Lipinski definition) is 3. The van der Waals surface area contributed by atoms with Crippen LogP contribution in [0.3, 0.4) is 0 Å². The zero-order valence-electron chi connectivity index (χ0n) is 11.3. The Bertz CT molecular complexity index is 1010. The fourth-order valence-corrected chi connectivity index (χ4v) is 3.41. The molecule has 0 aliphatic carbocycles. The molecule has 0 radical (unpaired) electrons. The van der Waals surface area contributed by atoms with E-state index in [-0.39, 0.29) is 34.5 Å². The molecule has 0 N–H and O–H groups in total. The Labute approximate surface area is 143 Å². The van der Waals surface area contributed by atoms with Gasteiger partial charge in [0.25, 0.3) is 0 Å². The van der Waals surface area contributed by atoms with Crippen molar-refractivity contribution in [3.05, 3.63) is 54.6 Å². The zero-order chi connectivity index (χ0) is 13.9. The standard InChI is InChI=1S/C16H10O3S.Na/c17-20(18,19)14-8-12-6-4-10-2-1-3-11-5-7-13(9-14)16(12)15(10)11;/h1-9H,(H,17,18,19);/q;+1/p-1. The fraction of sp³-hybridized carbons (Fsp3) is 0. The van der Waals surface area contributed by atoms with E-state index in [1.807, 2.05) is 42.5 Å². The normalized spacial score (nSPS) is 12.0. The molecule has 0 atom stereocenters. The molecular formula is C16H9NaO3S. The molecule has 0 spiro atoms. The third-order valence-corrected chi connectivity index (χ3v) is 4.54. The quantitative estimate of drug-likeness (QED) is 0.292. The molecule has 98 valence electrons. The molecular weight excluding hydrogens is 295 g/mol. The number of benzene rings is 4. The fourth-order valence-electron chi connectivity index (χ4n) is 2.87. The maximum Gasteiger partial charge on any atom is 1.00 e. The largest absolute Gasteiger partial charge is 1.00 e. The molecule has 4 aromatic rings. The van der Waals surface area contributed by atoms with Crippen LogP contribution >= 0.6 is 0 Å². The van der Waals surface area contributed by atoms with Gasteiger partial charge in [-0.1, -0.05) is 42.5 Å². The van der Waals surface area contributed by atoms with Crippen molar-refractivity contribution in [2.24, 2.45) is 0 Å². The van der Waals surface area contributed by atoms with Crippen LogP contribution in [0.5, 0.6) is 0 Å². The first kappa shape index (κ1) is 14.8. The Hall–Kier alpha value is -1.17. The van der Waals surface area contributed by atoms with Crippen LogP contribution in [0.1, 0.15) is 0 Å². The van der Waals surface area contributed by atoms with E-state index < -0.39 is 10.1 Å². The Balaban J connectivity index is 0.00000132. The zero-order valence-corrected chi connectivity index (χ0v) is 14.1. The molecule has 0 bridgehead atoms. The summed E-state index contributed by atoms with van der Waals surface area (Å²) in [7, 11) is -4.44. The first-order valence-electron chi connectivity index (χ1n) is 6.17. The monoisotopic (exact) mass is 304 g/mol. The molecule has 5 heteroatoms. The minimum Gasteiger partial charge on any atom is -0.744 e. The summed E-state index contributed by atoms with van der Waals surface area (Å²) in [6.07, 6.45) is 0. The van der Waals surface area contributed by atoms with Crippen LogP contribution in [-0.2, 0) is 10.1 Å². The molecule has 0 aliphatic rings. The second-order valence-electron chi connectivity index (χ2n) is 4.91. The minimum atomic E-state index is -4.44. The average Bonchev–Trinajstić information content (AvgIpc) is 2.43. The van der Waals surface area contributed by atoms with Crippen molar-refractivity contribution >= 4 is 42.4 Å². The van der Waals surface area contributed by atoms with Crippen LogP contribution in [0.2, 0.25) is 0 Å². The predicted octanol–water partition coefficient (Wildman–Crippen LogP) is 0.492. The molecule has 4 rings (SSSR count). The van der Waals surface area contributed by atoms with E-state index >= 15 is 0 Å². The van der Waals surface area contributed by atoms with Gasteiger partial charge in [0.1, 0.15) is 10.1 Å². The van der Waals surface area contributed by atoms with Crippen LogP contribution in [0.25, 0.3) is 32.3 Å². The Kier molecular flexibility index (Phi) is 3.47. The van der Waals surface area contributed by atoms with Gasteiger partial charge in [0.2, 0.25) is 0 Å². The SMILES string of the molecule is O=S(=O)([O-])c1cc2ccc3cccc4ccc(c1)c2c34.[Na+]. The van der Waals surface area contributed by atoms with Gasteiger partial charge in [-0.2, -0.15) is 0 Å². The van der Waals surface area contributed by atoms with Gasteiger partial charge < -0.3 is 4.55 Å². The van der Waals surface area contributed by atoms with E-state index in [0.29, 0.717) is 0 Å². The van der Waals surface area contributed by atoms with E-state index in [4.69, 9.17) is 0 Å². The predicted molar refractivity (Wildman–Crippen MR) is 78.1 cm³/mol. The summed E-state index contributed by atoms with van der Waals surface area (Å²) in [4.78, 5) is -0.177. The summed E-state index contributed by atoms with van der Waals surface area (Å²) in [6, 6.07) is 16.6. The summed E-state index contributed by atoms with van der Waals surface area (Å²) in [5.74, 6) is 0. The Morgan fingerprint density at radius 3 is 1.62 bits per heavy atom. The average molecular weight is 304 g/mol. The maximum absolute atomic E-state index is 11.2. The van der Waals surface area contributed by atoms with Crippen LogP contribution in [0, 0.1) is 0 Å². The number of hydrogen-bond donors (Lipinski definition) is 0. The first-order chi connectivity index (χ1) is 9.54. The Morgan fingerprint density at radius 1 is 0.714 bits per heavy atom. The summed E-state index contributed by atoms with van der Waals surface area (Å²) < 4.78 is 33.7. The first-order valence-corrected chi connectivity index (χ1v) is 7.58. The van der Waals surface area contributed by atoms with Crippen LogP contribution in [0.15, 0.2) is 59.5 Å². The number of rotatable bonds is 1. The van der Waals surface area contributed by atoms with Crippen molar-refractivity contribution in [2.45, 2.75) is 4.90 Å². The molecule has 4 aromatic carbocycles. The minimum absolute atomic E-state index is 0. The third-order valence-electron chi connectivity index (χ3n) is 3.73. The van der Waals surface area contributed by atoms with E-state index in [9.17, 15) is 13.0 Å². The summed E-state index contributed by atoms with van der Waals surface area (Å²) in [5, 5.41) is 5.89. The van der Waals surface area contributed by atoms with Crippen LogP contribution in [0.4, 0.5) is 0 Å². The van der Waals surface area contributed by atoms with Gasteiger partial charge in [-0.3, -0.25) is 0 Å². The maximum atomic E-state index is 11.2. The molecule has 0 aromatic heterocycles. The second-order valence-corrected chi connectivity index (χ2v) is 6.29. The van der Waals surface area contributed by atoms with Crippen molar-refractivity contribution in [1.29, 1.82) is 0 Å². The molecule has 0 heterocycles. The molecule has 0 saturated carbocycles. The summed E-state index contributed by atoms with van der Waals surface area (Å²) in [5.41, 5.74) is 0. The van der Waals surface area contributed by atoms with Gasteiger partial charge in [-0.05, 0) is 44.5 Å². The van der Waals surface area contributed by atoms with Crippen LogP contribution in [-0.4, -0.2) is 13.0 Å². The Morgan fingerprint density at radius 2 is 1.14 bits per heavy atom. The third kappa shape index (κ3) is 2.24. The second kappa shape index (κ2) is 4.93. The summed E-state index contributed by atoms with van der Waals surface area (Å²) >= 11 is 0. The molecule has 0 fully saturated rings. The van der Waals surface area contributed by atoms with Crippen molar-refractivity contribution in [2.75, 3.05) is 0 Å². The van der Waals surface area contributed by atoms with E-state index in [2.05, 4.69) is 0 Å². The van der Waals surface area contributed by atoms with Gasteiger partial charge in [0, 0.05) is 0 Å². The van der Waals surface area contributed by atoms with Crippen molar-refractivity contribution in [1.82, 2.24) is 0 Å². The van der Waals surface area contributed by atoms with E-state index in [1.54, 1.807) is 0 Å². The van der Waals surface area contributed by atoms with E-state index in [1.165, 1.54) is 12.1 Å². The van der Waals surface area contributed by atoms with Crippen molar-refractivity contribution < 1.29 is 42.5 Å². The van der Waals surface area contributed by atoms with Crippen molar-refractivity contribution in [3.8, 4) is 0 Å². The van der Waals surface area contributed by atoms with Gasteiger partial charge in [0.05, 0.1) is 4.90 Å². The van der Waals surface area contributed by atoms with Gasteiger partial charge in [-0.15, -0.1) is 0 Å². The van der Waals surface area contributed by atoms with Gasteiger partial charge in [0.15, 0.2) is 0 Å². The van der Waals surface area contributed by atoms with Crippen molar-refractivity contribution in [3.63, 3.8) is 0 Å². The smallest absolute Gasteiger partial charge is 0.744 e. The molecule has 21 heavy (non-hydrogen) atoms. The molecule has 0 saturated heterocycles. The molecule has 0 unspecified atom stereocenters. The molecule has 3 nitrogen and oxygen atoms in total. The topological polar surface area (TPSA) is 57.2 Å². The van der Waals surface area contributed by atoms with Gasteiger partial charge >= 0.3 is 29.6 Å². The molecule has 0 aliphatic heterocycles. The molecule has 0 amide bonds.